The van der Waals surface area contributed by atoms with E-state index in [9.17, 15) is 4.79 Å². The van der Waals surface area contributed by atoms with E-state index in [-0.39, 0.29) is 5.91 Å². The Kier molecular flexibility index (Phi) is 4.22. The van der Waals surface area contributed by atoms with Crippen molar-refractivity contribution < 1.29 is 4.79 Å². The summed E-state index contributed by atoms with van der Waals surface area (Å²) in [4.78, 5) is 14.1. The Morgan fingerprint density at radius 2 is 2.10 bits per heavy atom. The van der Waals surface area contributed by atoms with Gasteiger partial charge < -0.3 is 4.90 Å². The molecule has 0 saturated carbocycles. The molecule has 6 nitrogen and oxygen atoms in total. The fourth-order valence-corrected chi connectivity index (χ4v) is 2.16. The molecule has 0 atom stereocenters. The van der Waals surface area contributed by atoms with Gasteiger partial charge in [0.2, 0.25) is 0 Å². The predicted molar refractivity (Wildman–Crippen MR) is 76.3 cm³/mol. The second kappa shape index (κ2) is 5.90. The third kappa shape index (κ3) is 2.74. The number of carbonyl (C=O) groups is 1. The van der Waals surface area contributed by atoms with Crippen LogP contribution in [0.25, 0.3) is 0 Å². The molecule has 0 spiro atoms. The molecule has 2 aromatic rings. The van der Waals surface area contributed by atoms with Crippen LogP contribution in [0.2, 0.25) is 0 Å². The van der Waals surface area contributed by atoms with Gasteiger partial charge in [-0.1, -0.05) is 0 Å². The summed E-state index contributed by atoms with van der Waals surface area (Å²) in [6.07, 6.45) is 3.57. The molecule has 0 aromatic carbocycles. The Morgan fingerprint density at radius 3 is 2.65 bits per heavy atom. The number of hydrogen-bond acceptors (Lipinski definition) is 3. The highest BCUT2D eigenvalue weighted by atomic mass is 16.2. The van der Waals surface area contributed by atoms with E-state index in [0.717, 1.165) is 24.5 Å². The second-order valence-corrected chi connectivity index (χ2v) is 4.78. The SMILES string of the molecule is CCn1ccc(CN(C)C(=O)c2cnn(CC)c2C)n1. The smallest absolute Gasteiger partial charge is 0.257 e. The van der Waals surface area contributed by atoms with E-state index in [1.54, 1.807) is 18.1 Å². The number of amides is 1. The van der Waals surface area contributed by atoms with Crippen LogP contribution in [0.4, 0.5) is 0 Å². The maximum absolute atomic E-state index is 12.4. The van der Waals surface area contributed by atoms with E-state index in [0.29, 0.717) is 12.1 Å². The summed E-state index contributed by atoms with van der Waals surface area (Å²) in [5.41, 5.74) is 2.45. The number of nitrogens with zero attached hydrogens (tertiary/aromatic N) is 5. The lowest BCUT2D eigenvalue weighted by molar-refractivity contribution is 0.0782. The number of aryl methyl sites for hydroxylation is 2. The molecule has 2 aromatic heterocycles. The lowest BCUT2D eigenvalue weighted by Gasteiger charge is -2.15. The van der Waals surface area contributed by atoms with E-state index in [1.165, 1.54) is 0 Å². The van der Waals surface area contributed by atoms with Crippen LogP contribution in [0.3, 0.4) is 0 Å². The monoisotopic (exact) mass is 275 g/mol. The Balaban J connectivity index is 2.09. The first-order valence-corrected chi connectivity index (χ1v) is 6.87. The molecular formula is C14H21N5O. The summed E-state index contributed by atoms with van der Waals surface area (Å²) >= 11 is 0. The standard InChI is InChI=1S/C14H21N5O/c1-5-18-8-7-12(16-18)10-17(4)14(20)13-9-15-19(6-2)11(13)3/h7-9H,5-6,10H2,1-4H3. The van der Waals surface area contributed by atoms with Gasteiger partial charge in [0.15, 0.2) is 0 Å². The maximum atomic E-state index is 12.4. The van der Waals surface area contributed by atoms with Crippen LogP contribution < -0.4 is 0 Å². The molecule has 0 N–H and O–H groups in total. The Hall–Kier alpha value is -2.11. The van der Waals surface area contributed by atoms with Crippen molar-refractivity contribution in [3.8, 4) is 0 Å². The first-order chi connectivity index (χ1) is 9.56. The minimum Gasteiger partial charge on any atom is -0.336 e. The highest BCUT2D eigenvalue weighted by Gasteiger charge is 2.18. The normalized spacial score (nSPS) is 10.8. The fraction of sp³-hybridized carbons (Fsp3) is 0.500. The molecule has 6 heteroatoms. The van der Waals surface area contributed by atoms with Crippen LogP contribution >= 0.6 is 0 Å². The van der Waals surface area contributed by atoms with Gasteiger partial charge in [-0.2, -0.15) is 10.2 Å². The van der Waals surface area contributed by atoms with Gasteiger partial charge in [0, 0.05) is 32.0 Å². The molecule has 0 aliphatic carbocycles. The van der Waals surface area contributed by atoms with Crippen LogP contribution in [-0.4, -0.2) is 37.4 Å². The molecule has 20 heavy (non-hydrogen) atoms. The number of aromatic nitrogens is 4. The topological polar surface area (TPSA) is 56.0 Å². The molecular weight excluding hydrogens is 254 g/mol. The van der Waals surface area contributed by atoms with Crippen LogP contribution in [0.1, 0.15) is 35.6 Å². The zero-order chi connectivity index (χ0) is 14.7. The molecule has 0 bridgehead atoms. The molecule has 2 rings (SSSR count). The van der Waals surface area contributed by atoms with E-state index in [2.05, 4.69) is 10.2 Å². The van der Waals surface area contributed by atoms with Gasteiger partial charge in [-0.05, 0) is 26.8 Å². The van der Waals surface area contributed by atoms with Crippen LogP contribution in [0.15, 0.2) is 18.5 Å². The molecule has 2 heterocycles. The van der Waals surface area contributed by atoms with Crippen molar-refractivity contribution in [1.82, 2.24) is 24.5 Å². The molecule has 0 aliphatic rings. The van der Waals surface area contributed by atoms with Gasteiger partial charge in [-0.3, -0.25) is 14.2 Å². The average Bonchev–Trinajstić information content (AvgIpc) is 3.04. The summed E-state index contributed by atoms with van der Waals surface area (Å²) < 4.78 is 3.68. The van der Waals surface area contributed by atoms with Gasteiger partial charge >= 0.3 is 0 Å². The fourth-order valence-electron chi connectivity index (χ4n) is 2.16. The summed E-state index contributed by atoms with van der Waals surface area (Å²) in [6, 6.07) is 1.94. The Morgan fingerprint density at radius 1 is 1.35 bits per heavy atom. The summed E-state index contributed by atoms with van der Waals surface area (Å²) in [7, 11) is 1.79. The van der Waals surface area contributed by atoms with Crippen molar-refractivity contribution in [3.63, 3.8) is 0 Å². The van der Waals surface area contributed by atoms with Gasteiger partial charge in [-0.15, -0.1) is 0 Å². The zero-order valence-corrected chi connectivity index (χ0v) is 12.5. The van der Waals surface area contributed by atoms with Crippen molar-refractivity contribution in [1.29, 1.82) is 0 Å². The highest BCUT2D eigenvalue weighted by molar-refractivity contribution is 5.94. The minimum atomic E-state index is -0.0201. The lowest BCUT2D eigenvalue weighted by Crippen LogP contribution is -2.27. The highest BCUT2D eigenvalue weighted by Crippen LogP contribution is 2.11. The summed E-state index contributed by atoms with van der Waals surface area (Å²) in [5.74, 6) is -0.0201. The first-order valence-electron chi connectivity index (χ1n) is 6.87. The largest absolute Gasteiger partial charge is 0.336 e. The lowest BCUT2D eigenvalue weighted by atomic mass is 10.2. The van der Waals surface area contributed by atoms with Gasteiger partial charge in [0.25, 0.3) is 5.91 Å². The summed E-state index contributed by atoms with van der Waals surface area (Å²) in [5, 5.41) is 8.60. The van der Waals surface area contributed by atoms with Gasteiger partial charge in [0.05, 0.1) is 24.0 Å². The molecule has 108 valence electrons. The Labute approximate surface area is 119 Å². The maximum Gasteiger partial charge on any atom is 0.257 e. The molecule has 1 amide bonds. The van der Waals surface area contributed by atoms with E-state index in [4.69, 9.17) is 0 Å². The number of carbonyl (C=O) groups excluding carboxylic acids is 1. The zero-order valence-electron chi connectivity index (χ0n) is 12.5. The minimum absolute atomic E-state index is 0.0201. The predicted octanol–water partition coefficient (Wildman–Crippen LogP) is 1.70. The van der Waals surface area contributed by atoms with E-state index in [1.807, 2.05) is 42.4 Å². The van der Waals surface area contributed by atoms with Crippen LogP contribution in [0, 0.1) is 6.92 Å². The number of rotatable bonds is 5. The molecule has 0 aliphatic heterocycles. The van der Waals surface area contributed by atoms with Crippen molar-refractivity contribution in [3.05, 3.63) is 35.4 Å². The van der Waals surface area contributed by atoms with E-state index >= 15 is 0 Å². The Bertz CT molecular complexity index is 598. The van der Waals surface area contributed by atoms with Crippen LogP contribution in [-0.2, 0) is 19.6 Å². The second-order valence-electron chi connectivity index (χ2n) is 4.78. The first kappa shape index (κ1) is 14.3. The van der Waals surface area contributed by atoms with Crippen molar-refractivity contribution in [2.45, 2.75) is 40.4 Å². The van der Waals surface area contributed by atoms with Crippen molar-refractivity contribution in [2.24, 2.45) is 0 Å². The average molecular weight is 275 g/mol. The van der Waals surface area contributed by atoms with Gasteiger partial charge in [0.1, 0.15) is 0 Å². The summed E-state index contributed by atoms with van der Waals surface area (Å²) in [6.45, 7) is 8.07. The third-order valence-corrected chi connectivity index (χ3v) is 3.40. The number of hydrogen-bond donors (Lipinski definition) is 0. The van der Waals surface area contributed by atoms with E-state index < -0.39 is 0 Å². The van der Waals surface area contributed by atoms with Crippen molar-refractivity contribution in [2.75, 3.05) is 7.05 Å². The van der Waals surface area contributed by atoms with Crippen molar-refractivity contribution >= 4 is 5.91 Å². The molecule has 0 fully saturated rings. The molecule has 0 unspecified atom stereocenters. The quantitative estimate of drug-likeness (QED) is 0.834. The third-order valence-electron chi connectivity index (χ3n) is 3.40. The molecule has 0 saturated heterocycles. The molecule has 0 radical (unpaired) electrons. The van der Waals surface area contributed by atoms with Gasteiger partial charge in [-0.25, -0.2) is 0 Å². The van der Waals surface area contributed by atoms with Crippen LogP contribution in [0.5, 0.6) is 0 Å².